The number of H-pyrrole nitrogens is 1. The maximum Gasteiger partial charge on any atom is 0.250 e. The highest BCUT2D eigenvalue weighted by molar-refractivity contribution is 7.91. The molecule has 0 unspecified atom stereocenters. The second kappa shape index (κ2) is 7.64. The van der Waals surface area contributed by atoms with Gasteiger partial charge in [0.15, 0.2) is 0 Å². The van der Waals surface area contributed by atoms with E-state index >= 15 is 0 Å². The van der Waals surface area contributed by atoms with E-state index in [0.717, 1.165) is 23.7 Å². The third-order valence-corrected chi connectivity index (χ3v) is 5.97. The summed E-state index contributed by atoms with van der Waals surface area (Å²) in [6, 6.07) is 3.53. The van der Waals surface area contributed by atoms with Crippen molar-refractivity contribution in [3.05, 3.63) is 29.2 Å². The Hall–Kier alpha value is -1.29. The number of likely N-dealkylation sites (N-methyl/N-ethyl adjacent to an activating group) is 1. The van der Waals surface area contributed by atoms with Crippen LogP contribution in [0.1, 0.15) is 17.1 Å². The lowest BCUT2D eigenvalue weighted by molar-refractivity contribution is 0.580. The highest BCUT2D eigenvalue weighted by Crippen LogP contribution is 2.21. The Balaban J connectivity index is 1.82. The van der Waals surface area contributed by atoms with Crippen LogP contribution in [0.25, 0.3) is 0 Å². The quantitative estimate of drug-likeness (QED) is 0.583. The Morgan fingerprint density at radius 1 is 1.29 bits per heavy atom. The van der Waals surface area contributed by atoms with E-state index in [2.05, 4.69) is 25.2 Å². The summed E-state index contributed by atoms with van der Waals surface area (Å²) in [6.45, 7) is 1.22. The molecule has 116 valence electrons. The molecule has 2 heterocycles. The molecule has 21 heavy (non-hydrogen) atoms. The van der Waals surface area contributed by atoms with Gasteiger partial charge in [-0.15, -0.1) is 11.3 Å². The molecular formula is C12H19N5O2S2. The van der Waals surface area contributed by atoms with Gasteiger partial charge in [-0.25, -0.2) is 18.1 Å². The molecule has 7 nitrogen and oxygen atoms in total. The van der Waals surface area contributed by atoms with Crippen molar-refractivity contribution in [3.8, 4) is 0 Å². The minimum Gasteiger partial charge on any atom is -0.319 e. The fourth-order valence-electron chi connectivity index (χ4n) is 1.77. The maximum absolute atomic E-state index is 12.1. The molecule has 0 bridgehead atoms. The summed E-state index contributed by atoms with van der Waals surface area (Å²) in [6.07, 6.45) is 3.62. The van der Waals surface area contributed by atoms with Gasteiger partial charge in [0.25, 0.3) is 0 Å². The number of aromatic nitrogens is 3. The van der Waals surface area contributed by atoms with Gasteiger partial charge in [-0.1, -0.05) is 0 Å². The summed E-state index contributed by atoms with van der Waals surface area (Å²) in [5.74, 6) is 0.764. The van der Waals surface area contributed by atoms with E-state index in [0.29, 0.717) is 23.6 Å². The van der Waals surface area contributed by atoms with Crippen molar-refractivity contribution < 1.29 is 8.42 Å². The molecule has 0 aliphatic heterocycles. The molecule has 3 N–H and O–H groups in total. The first-order valence-corrected chi connectivity index (χ1v) is 8.99. The molecule has 0 radical (unpaired) electrons. The standard InChI is InChI=1S/C12H19N5O2S2/c1-13-8-6-10-4-5-12(20-10)21(18,19)16-7-2-3-11-14-9-15-17-11/h4-5,9,13,16H,2-3,6-8H2,1H3,(H,14,15,17). The molecule has 0 fully saturated rings. The highest BCUT2D eigenvalue weighted by atomic mass is 32.2. The van der Waals surface area contributed by atoms with Crippen LogP contribution in [0.2, 0.25) is 0 Å². The van der Waals surface area contributed by atoms with Gasteiger partial charge in [-0.3, -0.25) is 5.10 Å². The molecule has 2 aromatic heterocycles. The van der Waals surface area contributed by atoms with Gasteiger partial charge in [-0.05, 0) is 38.6 Å². The van der Waals surface area contributed by atoms with Gasteiger partial charge >= 0.3 is 0 Å². The fraction of sp³-hybridized carbons (Fsp3) is 0.500. The summed E-state index contributed by atoms with van der Waals surface area (Å²) in [5.41, 5.74) is 0. The Bertz CT molecular complexity index is 636. The van der Waals surface area contributed by atoms with E-state index in [9.17, 15) is 8.42 Å². The molecule has 9 heteroatoms. The minimum atomic E-state index is -3.40. The molecule has 2 rings (SSSR count). The SMILES string of the molecule is CNCCc1ccc(S(=O)(=O)NCCCc2ncn[nH]2)s1. The van der Waals surface area contributed by atoms with Crippen molar-refractivity contribution in [2.45, 2.75) is 23.5 Å². The number of nitrogens with zero attached hydrogens (tertiary/aromatic N) is 2. The zero-order valence-electron chi connectivity index (χ0n) is 11.8. The summed E-state index contributed by atoms with van der Waals surface area (Å²) < 4.78 is 27.2. The number of hydrogen-bond donors (Lipinski definition) is 3. The second-order valence-corrected chi connectivity index (χ2v) is 7.67. The number of nitrogens with one attached hydrogen (secondary N) is 3. The van der Waals surface area contributed by atoms with Gasteiger partial charge in [-0.2, -0.15) is 5.10 Å². The predicted molar refractivity (Wildman–Crippen MR) is 81.8 cm³/mol. The van der Waals surface area contributed by atoms with Crippen LogP contribution in [0.3, 0.4) is 0 Å². The Labute approximate surface area is 128 Å². The van der Waals surface area contributed by atoms with Crippen molar-refractivity contribution in [2.75, 3.05) is 20.1 Å². The molecular weight excluding hydrogens is 310 g/mol. The predicted octanol–water partition coefficient (Wildman–Crippen LogP) is 0.539. The van der Waals surface area contributed by atoms with Crippen LogP contribution in [-0.4, -0.2) is 43.7 Å². The lowest BCUT2D eigenvalue weighted by Crippen LogP contribution is -2.24. The molecule has 0 aliphatic carbocycles. The normalized spacial score (nSPS) is 11.9. The first kappa shape index (κ1) is 16.1. The molecule has 2 aromatic rings. The molecule has 0 amide bonds. The number of hydrogen-bond acceptors (Lipinski definition) is 6. The average Bonchev–Trinajstić information content (AvgIpc) is 3.13. The van der Waals surface area contributed by atoms with E-state index < -0.39 is 10.0 Å². The summed E-state index contributed by atoms with van der Waals surface area (Å²) in [7, 11) is -1.53. The average molecular weight is 329 g/mol. The zero-order valence-corrected chi connectivity index (χ0v) is 13.4. The molecule has 0 atom stereocenters. The smallest absolute Gasteiger partial charge is 0.250 e. The van der Waals surface area contributed by atoms with Crippen molar-refractivity contribution in [1.29, 1.82) is 0 Å². The minimum absolute atomic E-state index is 0.369. The first-order valence-electron chi connectivity index (χ1n) is 6.69. The fourth-order valence-corrected chi connectivity index (χ4v) is 4.24. The largest absolute Gasteiger partial charge is 0.319 e. The van der Waals surface area contributed by atoms with E-state index in [1.807, 2.05) is 13.1 Å². The summed E-state index contributed by atoms with van der Waals surface area (Å²) in [5, 5.41) is 9.54. The third kappa shape index (κ3) is 4.88. The van der Waals surface area contributed by atoms with E-state index in [1.165, 1.54) is 17.7 Å². The second-order valence-electron chi connectivity index (χ2n) is 4.51. The van der Waals surface area contributed by atoms with E-state index in [4.69, 9.17) is 0 Å². The van der Waals surface area contributed by atoms with Gasteiger partial charge in [0.1, 0.15) is 16.4 Å². The summed E-state index contributed by atoms with van der Waals surface area (Å²) in [4.78, 5) is 5.05. The molecule has 0 saturated heterocycles. The van der Waals surface area contributed by atoms with Crippen LogP contribution in [-0.2, 0) is 22.9 Å². The Morgan fingerprint density at radius 2 is 2.14 bits per heavy atom. The van der Waals surface area contributed by atoms with E-state index in [-0.39, 0.29) is 0 Å². The van der Waals surface area contributed by atoms with Crippen LogP contribution >= 0.6 is 11.3 Å². The Kier molecular flexibility index (Phi) is 5.85. The number of aromatic amines is 1. The first-order chi connectivity index (χ1) is 10.1. The van der Waals surface area contributed by atoms with Gasteiger partial charge in [0.2, 0.25) is 10.0 Å². The van der Waals surface area contributed by atoms with Crippen LogP contribution in [0, 0.1) is 0 Å². The van der Waals surface area contributed by atoms with Crippen LogP contribution < -0.4 is 10.0 Å². The third-order valence-electron chi connectivity index (χ3n) is 2.87. The molecule has 0 saturated carbocycles. The number of aryl methyl sites for hydroxylation is 1. The van der Waals surface area contributed by atoms with Crippen molar-refractivity contribution in [3.63, 3.8) is 0 Å². The maximum atomic E-state index is 12.1. The van der Waals surface area contributed by atoms with Crippen LogP contribution in [0.5, 0.6) is 0 Å². The number of thiophene rings is 1. The highest BCUT2D eigenvalue weighted by Gasteiger charge is 2.16. The Morgan fingerprint density at radius 3 is 2.86 bits per heavy atom. The summed E-state index contributed by atoms with van der Waals surface area (Å²) >= 11 is 1.32. The van der Waals surface area contributed by atoms with Gasteiger partial charge < -0.3 is 5.32 Å². The molecule has 0 aromatic carbocycles. The number of sulfonamides is 1. The van der Waals surface area contributed by atoms with Crippen molar-refractivity contribution in [2.24, 2.45) is 0 Å². The topological polar surface area (TPSA) is 99.8 Å². The van der Waals surface area contributed by atoms with Crippen LogP contribution in [0.4, 0.5) is 0 Å². The van der Waals surface area contributed by atoms with Crippen molar-refractivity contribution >= 4 is 21.4 Å². The van der Waals surface area contributed by atoms with Gasteiger partial charge in [0.05, 0.1) is 0 Å². The van der Waals surface area contributed by atoms with Crippen molar-refractivity contribution in [1.82, 2.24) is 25.2 Å². The van der Waals surface area contributed by atoms with Crippen LogP contribution in [0.15, 0.2) is 22.7 Å². The molecule has 0 aliphatic rings. The monoisotopic (exact) mass is 329 g/mol. The molecule has 0 spiro atoms. The van der Waals surface area contributed by atoms with Gasteiger partial charge in [0, 0.05) is 17.8 Å². The van der Waals surface area contributed by atoms with E-state index in [1.54, 1.807) is 6.07 Å². The lowest BCUT2D eigenvalue weighted by atomic mass is 10.3. The lowest BCUT2D eigenvalue weighted by Gasteiger charge is -2.03. The number of rotatable bonds is 9. The zero-order chi connectivity index (χ0) is 15.1.